The highest BCUT2D eigenvalue weighted by Crippen LogP contribution is 2.21. The van der Waals surface area contributed by atoms with Crippen molar-refractivity contribution in [3.8, 4) is 0 Å². The highest BCUT2D eigenvalue weighted by Gasteiger charge is 2.20. The number of allylic oxidation sites excluding steroid dienone is 1. The maximum atomic E-state index is 12.6. The molecule has 33 heavy (non-hydrogen) atoms. The normalized spacial score (nSPS) is 13.0. The number of benzene rings is 2. The van der Waals surface area contributed by atoms with E-state index in [0.717, 1.165) is 5.56 Å². The van der Waals surface area contributed by atoms with E-state index in [9.17, 15) is 14.7 Å². The van der Waals surface area contributed by atoms with E-state index in [2.05, 4.69) is 20.5 Å². The largest absolute Gasteiger partial charge is 0.387 e. The van der Waals surface area contributed by atoms with Gasteiger partial charge in [-0.1, -0.05) is 66.7 Å². The molecule has 3 N–H and O–H groups in total. The molecule has 0 aliphatic heterocycles. The number of nitrogens with zero attached hydrogens (tertiary/aromatic N) is 4. The number of hydrogen-bond acceptors (Lipinski definition) is 6. The maximum absolute atomic E-state index is 12.6. The molecule has 9 heteroatoms. The van der Waals surface area contributed by atoms with Gasteiger partial charge in [-0.05, 0) is 24.1 Å². The molecule has 2 heterocycles. The fourth-order valence-electron chi connectivity index (χ4n) is 3.41. The summed E-state index contributed by atoms with van der Waals surface area (Å²) in [6, 6.07) is 18.9. The average molecular weight is 444 g/mol. The van der Waals surface area contributed by atoms with Gasteiger partial charge in [0.05, 0.1) is 18.4 Å². The van der Waals surface area contributed by atoms with Crippen molar-refractivity contribution >= 4 is 28.9 Å². The summed E-state index contributed by atoms with van der Waals surface area (Å²) >= 11 is 0. The van der Waals surface area contributed by atoms with E-state index in [1.54, 1.807) is 12.1 Å². The van der Waals surface area contributed by atoms with Gasteiger partial charge >= 0.3 is 5.69 Å². The Hall–Kier alpha value is -4.24. The summed E-state index contributed by atoms with van der Waals surface area (Å²) in [4.78, 5) is 31.4. The summed E-state index contributed by atoms with van der Waals surface area (Å²) < 4.78 is 2.78. The van der Waals surface area contributed by atoms with Crippen LogP contribution in [0.3, 0.4) is 0 Å². The van der Waals surface area contributed by atoms with E-state index >= 15 is 0 Å². The minimum absolute atomic E-state index is 0.0402. The van der Waals surface area contributed by atoms with Crippen molar-refractivity contribution in [2.45, 2.75) is 19.6 Å². The van der Waals surface area contributed by atoms with E-state index in [0.29, 0.717) is 11.3 Å². The second kappa shape index (κ2) is 9.49. The molecule has 0 spiro atoms. The maximum Gasteiger partial charge on any atom is 0.329 e. The zero-order valence-corrected chi connectivity index (χ0v) is 18.3. The number of H-pyrrole nitrogens is 1. The van der Waals surface area contributed by atoms with Crippen LogP contribution in [0.25, 0.3) is 17.2 Å². The molecule has 2 aromatic carbocycles. The lowest BCUT2D eigenvalue weighted by Crippen LogP contribution is -2.29. The first kappa shape index (κ1) is 22.0. The third-order valence-corrected chi connectivity index (χ3v) is 5.20. The van der Waals surface area contributed by atoms with Crippen LogP contribution < -0.4 is 16.7 Å². The number of imidazole rings is 1. The lowest BCUT2D eigenvalue weighted by atomic mass is 10.1. The van der Waals surface area contributed by atoms with Gasteiger partial charge in [0, 0.05) is 7.05 Å². The fraction of sp³-hybridized carbons (Fsp3) is 0.167. The average Bonchev–Trinajstić information content (AvgIpc) is 3.20. The SMILES string of the molecule is CC(C=Cc1ccccc1)=NNc1nc2c(c(=O)[nH]c(=O)n2C)n1CC(O)c1ccccc1. The molecule has 0 fully saturated rings. The summed E-state index contributed by atoms with van der Waals surface area (Å²) in [5, 5.41) is 15.1. The molecule has 1 atom stereocenters. The molecule has 4 aromatic rings. The summed E-state index contributed by atoms with van der Waals surface area (Å²) in [5.74, 6) is 0.235. The monoisotopic (exact) mass is 444 g/mol. The zero-order chi connectivity index (χ0) is 23.4. The van der Waals surface area contributed by atoms with E-state index in [4.69, 9.17) is 0 Å². The van der Waals surface area contributed by atoms with Crippen molar-refractivity contribution in [2.75, 3.05) is 5.43 Å². The first-order valence-corrected chi connectivity index (χ1v) is 10.4. The molecule has 1 unspecified atom stereocenters. The Bertz CT molecular complexity index is 1430. The Morgan fingerprint density at radius 2 is 1.82 bits per heavy atom. The van der Waals surface area contributed by atoms with Gasteiger partial charge in [0.2, 0.25) is 5.95 Å². The molecule has 0 saturated carbocycles. The second-order valence-electron chi connectivity index (χ2n) is 7.57. The van der Waals surface area contributed by atoms with E-state index in [1.165, 1.54) is 16.2 Å². The van der Waals surface area contributed by atoms with E-state index in [1.807, 2.05) is 67.6 Å². The van der Waals surface area contributed by atoms with Crippen LogP contribution in [0.5, 0.6) is 0 Å². The Labute approximate surface area is 189 Å². The number of aliphatic hydroxyl groups excluding tert-OH is 1. The fourth-order valence-corrected chi connectivity index (χ4v) is 3.41. The Morgan fingerprint density at radius 1 is 1.15 bits per heavy atom. The van der Waals surface area contributed by atoms with Gasteiger partial charge in [-0.2, -0.15) is 10.1 Å². The number of aromatic nitrogens is 4. The van der Waals surface area contributed by atoms with Gasteiger partial charge in [0.25, 0.3) is 5.56 Å². The van der Waals surface area contributed by atoms with Crippen molar-refractivity contribution < 1.29 is 5.11 Å². The number of nitrogens with one attached hydrogen (secondary N) is 2. The van der Waals surface area contributed by atoms with Crippen LogP contribution in [0, 0.1) is 0 Å². The topological polar surface area (TPSA) is 117 Å². The molecule has 0 bridgehead atoms. The first-order chi connectivity index (χ1) is 15.9. The summed E-state index contributed by atoms with van der Waals surface area (Å²) in [7, 11) is 1.52. The number of aromatic amines is 1. The molecule has 0 aliphatic carbocycles. The molecule has 0 aliphatic rings. The highest BCUT2D eigenvalue weighted by molar-refractivity contribution is 5.96. The van der Waals surface area contributed by atoms with Crippen LogP contribution in [0.2, 0.25) is 0 Å². The molecule has 2 aromatic heterocycles. The van der Waals surface area contributed by atoms with Crippen LogP contribution in [0.4, 0.5) is 5.95 Å². The number of anilines is 1. The van der Waals surface area contributed by atoms with Crippen LogP contribution in [0.1, 0.15) is 24.2 Å². The quantitative estimate of drug-likeness (QED) is 0.299. The van der Waals surface area contributed by atoms with Crippen molar-refractivity contribution in [1.82, 2.24) is 19.1 Å². The molecule has 168 valence electrons. The smallest absolute Gasteiger partial charge is 0.329 e. The number of hydrogen-bond donors (Lipinski definition) is 3. The predicted octanol–water partition coefficient (Wildman–Crippen LogP) is 2.66. The van der Waals surface area contributed by atoms with Crippen molar-refractivity contribution in [1.29, 1.82) is 0 Å². The van der Waals surface area contributed by atoms with Gasteiger partial charge in [-0.15, -0.1) is 0 Å². The Balaban J connectivity index is 1.70. The molecular weight excluding hydrogens is 420 g/mol. The number of fused-ring (bicyclic) bond motifs is 1. The van der Waals surface area contributed by atoms with Gasteiger partial charge in [0.1, 0.15) is 0 Å². The minimum atomic E-state index is -0.899. The number of rotatable bonds is 7. The van der Waals surface area contributed by atoms with Crippen LogP contribution in [-0.4, -0.2) is 29.9 Å². The molecule has 4 rings (SSSR count). The number of aliphatic hydroxyl groups is 1. The molecule has 9 nitrogen and oxygen atoms in total. The first-order valence-electron chi connectivity index (χ1n) is 10.4. The van der Waals surface area contributed by atoms with Crippen molar-refractivity contribution in [2.24, 2.45) is 12.1 Å². The lowest BCUT2D eigenvalue weighted by molar-refractivity contribution is 0.158. The third-order valence-electron chi connectivity index (χ3n) is 5.20. The zero-order valence-electron chi connectivity index (χ0n) is 18.3. The molecule has 0 saturated heterocycles. The van der Waals surface area contributed by atoms with Crippen LogP contribution in [-0.2, 0) is 13.6 Å². The van der Waals surface area contributed by atoms with Crippen molar-refractivity contribution in [3.05, 3.63) is 98.7 Å². The van der Waals surface area contributed by atoms with E-state index < -0.39 is 17.4 Å². The summed E-state index contributed by atoms with van der Waals surface area (Å²) in [6.07, 6.45) is 2.87. The van der Waals surface area contributed by atoms with Gasteiger partial charge in [-0.3, -0.25) is 18.9 Å². The van der Waals surface area contributed by atoms with Crippen LogP contribution >= 0.6 is 0 Å². The van der Waals surface area contributed by atoms with Crippen LogP contribution in [0.15, 0.2) is 81.4 Å². The third kappa shape index (κ3) is 4.83. The van der Waals surface area contributed by atoms with Gasteiger partial charge < -0.3 is 5.11 Å². The van der Waals surface area contributed by atoms with Crippen molar-refractivity contribution in [3.63, 3.8) is 0 Å². The lowest BCUT2D eigenvalue weighted by Gasteiger charge is -2.14. The van der Waals surface area contributed by atoms with Gasteiger partial charge in [-0.25, -0.2) is 10.2 Å². The molecule has 0 amide bonds. The molecule has 0 radical (unpaired) electrons. The van der Waals surface area contributed by atoms with E-state index in [-0.39, 0.29) is 23.7 Å². The minimum Gasteiger partial charge on any atom is -0.387 e. The summed E-state index contributed by atoms with van der Waals surface area (Å²) in [6.45, 7) is 1.86. The summed E-state index contributed by atoms with van der Waals surface area (Å²) in [5.41, 5.74) is 4.48. The predicted molar refractivity (Wildman–Crippen MR) is 129 cm³/mol. The second-order valence-corrected chi connectivity index (χ2v) is 7.57. The standard InChI is InChI=1S/C24H24N6O3/c1-16(13-14-17-9-5-3-6-10-17)27-28-23-25-21-20(22(32)26-24(33)29(21)2)30(23)15-19(31)18-11-7-4-8-12-18/h3-14,19,31H,15H2,1-2H3,(H,25,28)(H,26,32,33). The number of hydrazone groups is 1. The van der Waals surface area contributed by atoms with Gasteiger partial charge in [0.15, 0.2) is 11.2 Å². The Morgan fingerprint density at radius 3 is 2.52 bits per heavy atom. The highest BCUT2D eigenvalue weighted by atomic mass is 16.3. The Kier molecular flexibility index (Phi) is 6.32. The number of aryl methyl sites for hydroxylation is 1. The molecular formula is C24H24N6O3.